The maximum Gasteiger partial charge on any atom is 0.0873 e. The predicted octanol–water partition coefficient (Wildman–Crippen LogP) is 3.67. The summed E-state index contributed by atoms with van der Waals surface area (Å²) in [5.74, 6) is 0. The van der Waals surface area contributed by atoms with E-state index in [0.29, 0.717) is 6.10 Å². The molecule has 15 heavy (non-hydrogen) atoms. The van der Waals surface area contributed by atoms with Crippen LogP contribution < -0.4 is 0 Å². The second-order valence-corrected chi connectivity index (χ2v) is 4.26. The molecular formula is C13H24O2. The molecule has 88 valence electrons. The highest BCUT2D eigenvalue weighted by Crippen LogP contribution is 2.18. The third-order valence-electron chi connectivity index (χ3n) is 2.81. The lowest BCUT2D eigenvalue weighted by Gasteiger charge is -2.01. The Balaban J connectivity index is 1.63. The number of epoxide rings is 1. The molecule has 0 spiro atoms. The fraction of sp³-hybridized carbons (Fsp3) is 0.846. The number of hydrogen-bond acceptors (Lipinski definition) is 2. The molecule has 1 rings (SSSR count). The summed E-state index contributed by atoms with van der Waals surface area (Å²) in [5, 5.41) is 0. The molecule has 1 aliphatic rings. The van der Waals surface area contributed by atoms with E-state index in [1.54, 1.807) is 0 Å². The fourth-order valence-electron chi connectivity index (χ4n) is 1.76. The highest BCUT2D eigenvalue weighted by Gasteiger charge is 2.20. The van der Waals surface area contributed by atoms with Gasteiger partial charge in [0.25, 0.3) is 0 Å². The number of ether oxygens (including phenoxy) is 2. The zero-order valence-electron chi connectivity index (χ0n) is 9.75. The molecule has 0 amide bonds. The molecule has 0 aromatic carbocycles. The quantitative estimate of drug-likeness (QED) is 0.296. The molecule has 2 nitrogen and oxygen atoms in total. The van der Waals surface area contributed by atoms with Crippen molar-refractivity contribution >= 4 is 0 Å². The lowest BCUT2D eigenvalue weighted by Crippen LogP contribution is -1.88. The standard InChI is InChI=1S/C13H24O2/c1-2-14-11-9-7-5-3-4-6-8-10-13-12-15-13/h2,13H,1,3-12H2. The molecule has 0 bridgehead atoms. The van der Waals surface area contributed by atoms with Gasteiger partial charge in [-0.3, -0.25) is 0 Å². The average molecular weight is 212 g/mol. The van der Waals surface area contributed by atoms with Crippen LogP contribution in [0.1, 0.15) is 51.4 Å². The van der Waals surface area contributed by atoms with Crippen molar-refractivity contribution in [3.05, 3.63) is 12.8 Å². The van der Waals surface area contributed by atoms with Crippen LogP contribution in [0, 0.1) is 0 Å². The monoisotopic (exact) mass is 212 g/mol. The Kier molecular flexibility index (Phi) is 7.36. The second-order valence-electron chi connectivity index (χ2n) is 4.26. The van der Waals surface area contributed by atoms with Crippen molar-refractivity contribution in [1.82, 2.24) is 0 Å². The second kappa shape index (κ2) is 8.78. The van der Waals surface area contributed by atoms with E-state index in [1.807, 2.05) is 0 Å². The summed E-state index contributed by atoms with van der Waals surface area (Å²) in [6.45, 7) is 5.37. The fourth-order valence-corrected chi connectivity index (χ4v) is 1.76. The van der Waals surface area contributed by atoms with E-state index < -0.39 is 0 Å². The molecular weight excluding hydrogens is 188 g/mol. The van der Waals surface area contributed by atoms with E-state index in [9.17, 15) is 0 Å². The van der Waals surface area contributed by atoms with Crippen molar-refractivity contribution in [3.8, 4) is 0 Å². The zero-order valence-corrected chi connectivity index (χ0v) is 9.75. The van der Waals surface area contributed by atoms with E-state index in [-0.39, 0.29) is 0 Å². The summed E-state index contributed by atoms with van der Waals surface area (Å²) in [4.78, 5) is 0. The van der Waals surface area contributed by atoms with Crippen LogP contribution in [0.2, 0.25) is 0 Å². The van der Waals surface area contributed by atoms with E-state index in [2.05, 4.69) is 6.58 Å². The Bertz CT molecular complexity index is 153. The van der Waals surface area contributed by atoms with Crippen molar-refractivity contribution in [2.24, 2.45) is 0 Å². The minimum atomic E-state index is 0.626. The molecule has 1 saturated heterocycles. The Labute approximate surface area is 93.7 Å². The molecule has 0 aliphatic carbocycles. The lowest BCUT2D eigenvalue weighted by molar-refractivity contribution is 0.241. The van der Waals surface area contributed by atoms with Gasteiger partial charge < -0.3 is 9.47 Å². The van der Waals surface area contributed by atoms with Gasteiger partial charge in [0.2, 0.25) is 0 Å². The first-order chi connectivity index (χ1) is 7.43. The molecule has 2 heteroatoms. The first-order valence-corrected chi connectivity index (χ1v) is 6.27. The smallest absolute Gasteiger partial charge is 0.0873 e. The van der Waals surface area contributed by atoms with Crippen LogP contribution in [0.3, 0.4) is 0 Å². The summed E-state index contributed by atoms with van der Waals surface area (Å²) >= 11 is 0. The van der Waals surface area contributed by atoms with Crippen LogP contribution in [-0.2, 0) is 9.47 Å². The molecule has 1 atom stereocenters. The summed E-state index contributed by atoms with van der Waals surface area (Å²) in [6, 6.07) is 0. The van der Waals surface area contributed by atoms with Crippen molar-refractivity contribution in [2.45, 2.75) is 57.5 Å². The van der Waals surface area contributed by atoms with E-state index in [0.717, 1.165) is 13.2 Å². The molecule has 0 radical (unpaired) electrons. The first-order valence-electron chi connectivity index (χ1n) is 6.27. The highest BCUT2D eigenvalue weighted by atomic mass is 16.6. The van der Waals surface area contributed by atoms with Crippen LogP contribution in [0.15, 0.2) is 12.8 Å². The van der Waals surface area contributed by atoms with Crippen molar-refractivity contribution in [1.29, 1.82) is 0 Å². The molecule has 1 unspecified atom stereocenters. The van der Waals surface area contributed by atoms with Gasteiger partial charge in [0.1, 0.15) is 0 Å². The molecule has 0 saturated carbocycles. The minimum absolute atomic E-state index is 0.626. The Morgan fingerprint density at radius 1 is 1.07 bits per heavy atom. The van der Waals surface area contributed by atoms with Gasteiger partial charge in [-0.05, 0) is 12.8 Å². The third kappa shape index (κ3) is 8.49. The van der Waals surface area contributed by atoms with Crippen molar-refractivity contribution in [3.63, 3.8) is 0 Å². The Morgan fingerprint density at radius 2 is 1.67 bits per heavy atom. The van der Waals surface area contributed by atoms with Gasteiger partial charge in [-0.15, -0.1) is 0 Å². The normalized spacial score (nSPS) is 18.8. The van der Waals surface area contributed by atoms with E-state index >= 15 is 0 Å². The number of hydrogen-bond donors (Lipinski definition) is 0. The minimum Gasteiger partial charge on any atom is -0.502 e. The predicted molar refractivity (Wildman–Crippen MR) is 62.8 cm³/mol. The van der Waals surface area contributed by atoms with Gasteiger partial charge in [0.15, 0.2) is 0 Å². The average Bonchev–Trinajstić information content (AvgIpc) is 3.05. The van der Waals surface area contributed by atoms with E-state index in [4.69, 9.17) is 9.47 Å². The van der Waals surface area contributed by atoms with Crippen molar-refractivity contribution < 1.29 is 9.47 Å². The molecule has 1 aliphatic heterocycles. The topological polar surface area (TPSA) is 21.8 Å². The van der Waals surface area contributed by atoms with Gasteiger partial charge in [0, 0.05) is 0 Å². The van der Waals surface area contributed by atoms with Crippen LogP contribution >= 0.6 is 0 Å². The van der Waals surface area contributed by atoms with Crippen LogP contribution in [0.5, 0.6) is 0 Å². The van der Waals surface area contributed by atoms with Crippen LogP contribution in [0.4, 0.5) is 0 Å². The third-order valence-corrected chi connectivity index (χ3v) is 2.81. The largest absolute Gasteiger partial charge is 0.502 e. The molecule has 1 heterocycles. The Morgan fingerprint density at radius 3 is 2.27 bits per heavy atom. The summed E-state index contributed by atoms with van der Waals surface area (Å²) in [6.07, 6.45) is 12.7. The summed E-state index contributed by atoms with van der Waals surface area (Å²) < 4.78 is 10.2. The molecule has 0 N–H and O–H groups in total. The SMILES string of the molecule is C=COCCCCCCCCCC1CO1. The van der Waals surface area contributed by atoms with Gasteiger partial charge >= 0.3 is 0 Å². The first kappa shape index (κ1) is 12.6. The van der Waals surface area contributed by atoms with Gasteiger partial charge in [-0.2, -0.15) is 0 Å². The van der Waals surface area contributed by atoms with Crippen LogP contribution in [-0.4, -0.2) is 19.3 Å². The summed E-state index contributed by atoms with van der Waals surface area (Å²) in [7, 11) is 0. The van der Waals surface area contributed by atoms with E-state index in [1.165, 1.54) is 57.6 Å². The highest BCUT2D eigenvalue weighted by molar-refractivity contribution is 4.68. The van der Waals surface area contributed by atoms with Gasteiger partial charge in [-0.1, -0.05) is 45.1 Å². The van der Waals surface area contributed by atoms with Gasteiger partial charge in [0.05, 0.1) is 25.6 Å². The van der Waals surface area contributed by atoms with Crippen molar-refractivity contribution in [2.75, 3.05) is 13.2 Å². The number of unbranched alkanes of at least 4 members (excludes halogenated alkanes) is 6. The zero-order chi connectivity index (χ0) is 10.8. The number of rotatable bonds is 11. The maximum absolute atomic E-state index is 5.17. The summed E-state index contributed by atoms with van der Waals surface area (Å²) in [5.41, 5.74) is 0. The molecule has 0 aromatic rings. The molecule has 1 fully saturated rings. The maximum atomic E-state index is 5.17. The lowest BCUT2D eigenvalue weighted by atomic mass is 10.1. The van der Waals surface area contributed by atoms with Crippen LogP contribution in [0.25, 0.3) is 0 Å². The Hall–Kier alpha value is -0.500. The van der Waals surface area contributed by atoms with Gasteiger partial charge in [-0.25, -0.2) is 0 Å². The molecule has 0 aromatic heterocycles.